The van der Waals surface area contributed by atoms with Gasteiger partial charge >= 0.3 is 0 Å². The summed E-state index contributed by atoms with van der Waals surface area (Å²) in [6.07, 6.45) is -0.439. The standard InChI is InChI=1S/C19H22O5S/c1-14-3-7-16(8-4-14)23-13-19-18(11-12-22-19)24-25(20,21)17-9-5-15(2)6-10-17/h3-10,18-19H,11-13H2,1-2H3/t18-,19+/m0/s1. The van der Waals surface area contributed by atoms with Gasteiger partial charge in [0.25, 0.3) is 10.1 Å². The van der Waals surface area contributed by atoms with Gasteiger partial charge < -0.3 is 9.47 Å². The monoisotopic (exact) mass is 362 g/mol. The van der Waals surface area contributed by atoms with Crippen LogP contribution in [0.1, 0.15) is 17.5 Å². The molecule has 2 aromatic carbocycles. The van der Waals surface area contributed by atoms with Gasteiger partial charge in [-0.25, -0.2) is 0 Å². The van der Waals surface area contributed by atoms with Crippen LogP contribution in [0.5, 0.6) is 5.75 Å². The molecule has 6 heteroatoms. The molecule has 0 bridgehead atoms. The van der Waals surface area contributed by atoms with Gasteiger partial charge in [0.1, 0.15) is 24.6 Å². The number of hydrogen-bond acceptors (Lipinski definition) is 5. The maximum atomic E-state index is 12.4. The molecule has 0 N–H and O–H groups in total. The number of hydrogen-bond donors (Lipinski definition) is 0. The van der Waals surface area contributed by atoms with Crippen molar-refractivity contribution in [1.82, 2.24) is 0 Å². The molecular weight excluding hydrogens is 340 g/mol. The Bertz CT molecular complexity index is 797. The lowest BCUT2D eigenvalue weighted by molar-refractivity contribution is 0.0221. The summed E-state index contributed by atoms with van der Waals surface area (Å²) in [7, 11) is -3.82. The van der Waals surface area contributed by atoms with E-state index in [1.165, 1.54) is 0 Å². The molecule has 2 atom stereocenters. The second-order valence-electron chi connectivity index (χ2n) is 6.22. The molecule has 25 heavy (non-hydrogen) atoms. The largest absolute Gasteiger partial charge is 0.491 e. The van der Waals surface area contributed by atoms with Crippen molar-refractivity contribution in [3.05, 3.63) is 59.7 Å². The van der Waals surface area contributed by atoms with Gasteiger partial charge in [-0.05, 0) is 38.1 Å². The third-order valence-electron chi connectivity index (χ3n) is 4.14. The lowest BCUT2D eigenvalue weighted by Gasteiger charge is -2.19. The number of rotatable bonds is 6. The van der Waals surface area contributed by atoms with Gasteiger partial charge in [0.2, 0.25) is 0 Å². The van der Waals surface area contributed by atoms with E-state index in [0.717, 1.165) is 16.9 Å². The zero-order valence-corrected chi connectivity index (χ0v) is 15.2. The quantitative estimate of drug-likeness (QED) is 0.738. The highest BCUT2D eigenvalue weighted by atomic mass is 32.2. The topological polar surface area (TPSA) is 61.8 Å². The predicted molar refractivity (Wildman–Crippen MR) is 94.3 cm³/mol. The van der Waals surface area contributed by atoms with Crippen LogP contribution in [0.25, 0.3) is 0 Å². The molecule has 1 fully saturated rings. The van der Waals surface area contributed by atoms with E-state index in [9.17, 15) is 8.42 Å². The van der Waals surface area contributed by atoms with Crippen LogP contribution in [0.2, 0.25) is 0 Å². The molecule has 0 aromatic heterocycles. The molecule has 1 aliphatic heterocycles. The Kier molecular flexibility index (Phi) is 5.42. The highest BCUT2D eigenvalue weighted by Crippen LogP contribution is 2.24. The lowest BCUT2D eigenvalue weighted by atomic mass is 10.2. The van der Waals surface area contributed by atoms with Gasteiger partial charge in [0, 0.05) is 13.0 Å². The van der Waals surface area contributed by atoms with Crippen molar-refractivity contribution in [2.75, 3.05) is 13.2 Å². The average molecular weight is 362 g/mol. The van der Waals surface area contributed by atoms with E-state index in [1.807, 2.05) is 38.1 Å². The summed E-state index contributed by atoms with van der Waals surface area (Å²) < 4.78 is 41.6. The van der Waals surface area contributed by atoms with Gasteiger partial charge in [-0.1, -0.05) is 35.4 Å². The Morgan fingerprint density at radius 1 is 1.00 bits per heavy atom. The SMILES string of the molecule is Cc1ccc(OC[C@H]2OCC[C@@H]2OS(=O)(=O)c2ccc(C)cc2)cc1. The summed E-state index contributed by atoms with van der Waals surface area (Å²) in [5.41, 5.74) is 2.14. The van der Waals surface area contributed by atoms with Crippen molar-refractivity contribution in [3.63, 3.8) is 0 Å². The van der Waals surface area contributed by atoms with Crippen molar-refractivity contribution >= 4 is 10.1 Å². The Labute approximate surface area is 148 Å². The first-order valence-corrected chi connectivity index (χ1v) is 9.66. The molecule has 1 heterocycles. The number of ether oxygens (including phenoxy) is 2. The third-order valence-corrected chi connectivity index (χ3v) is 5.49. The van der Waals surface area contributed by atoms with E-state index < -0.39 is 22.3 Å². The number of aryl methyl sites for hydroxylation is 2. The summed E-state index contributed by atoms with van der Waals surface area (Å²) in [5, 5.41) is 0. The van der Waals surface area contributed by atoms with Crippen LogP contribution in [0, 0.1) is 13.8 Å². The average Bonchev–Trinajstić information content (AvgIpc) is 3.01. The second kappa shape index (κ2) is 7.56. The van der Waals surface area contributed by atoms with Crippen LogP contribution in [-0.2, 0) is 19.0 Å². The third kappa shape index (κ3) is 4.60. The van der Waals surface area contributed by atoms with Crippen LogP contribution in [0.4, 0.5) is 0 Å². The highest BCUT2D eigenvalue weighted by Gasteiger charge is 2.34. The van der Waals surface area contributed by atoms with E-state index in [1.54, 1.807) is 24.3 Å². The van der Waals surface area contributed by atoms with Crippen LogP contribution in [0.15, 0.2) is 53.4 Å². The van der Waals surface area contributed by atoms with E-state index in [0.29, 0.717) is 13.0 Å². The first-order chi connectivity index (χ1) is 11.9. The molecule has 1 saturated heterocycles. The van der Waals surface area contributed by atoms with E-state index in [-0.39, 0.29) is 11.5 Å². The molecule has 134 valence electrons. The van der Waals surface area contributed by atoms with E-state index >= 15 is 0 Å². The van der Waals surface area contributed by atoms with Crippen molar-refractivity contribution in [2.45, 2.75) is 37.4 Å². The summed E-state index contributed by atoms with van der Waals surface area (Å²) in [6, 6.07) is 14.3. The summed E-state index contributed by atoms with van der Waals surface area (Å²) in [5.74, 6) is 0.723. The summed E-state index contributed by atoms with van der Waals surface area (Å²) >= 11 is 0. The predicted octanol–water partition coefficient (Wildman–Crippen LogP) is 3.25. The smallest absolute Gasteiger partial charge is 0.297 e. The molecule has 3 rings (SSSR count). The van der Waals surface area contributed by atoms with Gasteiger partial charge in [-0.3, -0.25) is 4.18 Å². The normalized spacial score (nSPS) is 20.6. The van der Waals surface area contributed by atoms with Crippen molar-refractivity contribution in [3.8, 4) is 5.75 Å². The van der Waals surface area contributed by atoms with Crippen LogP contribution >= 0.6 is 0 Å². The van der Waals surface area contributed by atoms with E-state index in [2.05, 4.69) is 0 Å². The van der Waals surface area contributed by atoms with Crippen molar-refractivity contribution in [2.24, 2.45) is 0 Å². The molecule has 5 nitrogen and oxygen atoms in total. The fraction of sp³-hybridized carbons (Fsp3) is 0.368. The molecule has 0 saturated carbocycles. The number of benzene rings is 2. The molecule has 0 unspecified atom stereocenters. The summed E-state index contributed by atoms with van der Waals surface area (Å²) in [4.78, 5) is 0.156. The van der Waals surface area contributed by atoms with Crippen LogP contribution < -0.4 is 4.74 Å². The molecule has 1 aliphatic rings. The van der Waals surface area contributed by atoms with E-state index in [4.69, 9.17) is 13.7 Å². The first-order valence-electron chi connectivity index (χ1n) is 8.25. The fourth-order valence-corrected chi connectivity index (χ4v) is 3.76. The van der Waals surface area contributed by atoms with Gasteiger partial charge in [0.15, 0.2) is 0 Å². The fourth-order valence-electron chi connectivity index (χ4n) is 2.63. The molecule has 0 radical (unpaired) electrons. The van der Waals surface area contributed by atoms with Gasteiger partial charge in [-0.2, -0.15) is 8.42 Å². The molecule has 0 amide bonds. The Balaban J connectivity index is 1.63. The maximum absolute atomic E-state index is 12.4. The Morgan fingerprint density at radius 2 is 1.60 bits per heavy atom. The van der Waals surface area contributed by atoms with Crippen molar-refractivity contribution in [1.29, 1.82) is 0 Å². The van der Waals surface area contributed by atoms with Crippen LogP contribution in [-0.4, -0.2) is 33.8 Å². The second-order valence-corrected chi connectivity index (χ2v) is 7.80. The maximum Gasteiger partial charge on any atom is 0.297 e. The molecule has 0 aliphatic carbocycles. The Hall–Kier alpha value is -1.89. The Morgan fingerprint density at radius 3 is 2.24 bits per heavy atom. The van der Waals surface area contributed by atoms with Gasteiger partial charge in [0.05, 0.1) is 4.90 Å². The lowest BCUT2D eigenvalue weighted by Crippen LogP contribution is -2.32. The van der Waals surface area contributed by atoms with Crippen molar-refractivity contribution < 1.29 is 22.1 Å². The van der Waals surface area contributed by atoms with Gasteiger partial charge in [-0.15, -0.1) is 0 Å². The highest BCUT2D eigenvalue weighted by molar-refractivity contribution is 7.86. The minimum Gasteiger partial charge on any atom is -0.491 e. The van der Waals surface area contributed by atoms with Crippen LogP contribution in [0.3, 0.4) is 0 Å². The molecule has 2 aromatic rings. The zero-order chi connectivity index (χ0) is 17.9. The molecular formula is C19H22O5S. The first kappa shape index (κ1) is 17.9. The summed E-state index contributed by atoms with van der Waals surface area (Å²) in [6.45, 7) is 4.61. The zero-order valence-electron chi connectivity index (χ0n) is 14.3. The minimum absolute atomic E-state index is 0.156. The minimum atomic E-state index is -3.82. The molecule has 0 spiro atoms.